The first kappa shape index (κ1) is 11.8. The van der Waals surface area contributed by atoms with Crippen LogP contribution in [-0.2, 0) is 4.74 Å². The van der Waals surface area contributed by atoms with E-state index in [1.54, 1.807) is 0 Å². The molecular weight excluding hydrogens is 166 g/mol. The van der Waals surface area contributed by atoms with Gasteiger partial charge >= 0.3 is 0 Å². The molecule has 0 fully saturated rings. The number of hydrogen-bond acceptors (Lipinski definition) is 6. The minimum absolute atomic E-state index is 0.0797. The molecule has 6 heteroatoms. The largest absolute Gasteiger partial charge is 0.394 e. The fourth-order valence-electron chi connectivity index (χ4n) is 0.585. The van der Waals surface area contributed by atoms with Gasteiger partial charge in [-0.25, -0.2) is 0 Å². The Kier molecular flexibility index (Phi) is 6.17. The lowest BCUT2D eigenvalue weighted by Gasteiger charge is -2.21. The van der Waals surface area contributed by atoms with E-state index in [1.165, 1.54) is 0 Å². The molecule has 0 aromatic carbocycles. The molecule has 0 amide bonds. The SMILES string of the molecule is NCCOC(O)[C@@H](O)C(O)CO. The summed E-state index contributed by atoms with van der Waals surface area (Å²) in [6, 6.07) is 0. The van der Waals surface area contributed by atoms with Crippen LogP contribution in [0.4, 0.5) is 0 Å². The molecule has 0 rings (SSSR count). The molecule has 6 nitrogen and oxygen atoms in total. The molecule has 0 aliphatic carbocycles. The molecule has 0 aromatic rings. The smallest absolute Gasteiger partial charge is 0.183 e. The number of ether oxygens (including phenoxy) is 1. The highest BCUT2D eigenvalue weighted by molar-refractivity contribution is 4.68. The second kappa shape index (κ2) is 6.30. The van der Waals surface area contributed by atoms with Gasteiger partial charge in [-0.3, -0.25) is 0 Å². The van der Waals surface area contributed by atoms with Crippen molar-refractivity contribution in [1.29, 1.82) is 0 Å². The number of aliphatic hydroxyl groups is 4. The molecule has 12 heavy (non-hydrogen) atoms. The molecule has 0 spiro atoms. The van der Waals surface area contributed by atoms with Gasteiger partial charge in [0, 0.05) is 6.54 Å². The molecule has 0 saturated carbocycles. The number of nitrogens with two attached hydrogens (primary N) is 1. The van der Waals surface area contributed by atoms with Crippen LogP contribution in [0.5, 0.6) is 0 Å². The predicted molar refractivity (Wildman–Crippen MR) is 40.1 cm³/mol. The van der Waals surface area contributed by atoms with Gasteiger partial charge in [-0.2, -0.15) is 0 Å². The second-order valence-electron chi connectivity index (χ2n) is 2.29. The Bertz CT molecular complexity index is 112. The van der Waals surface area contributed by atoms with Gasteiger partial charge in [-0.1, -0.05) is 0 Å². The van der Waals surface area contributed by atoms with E-state index >= 15 is 0 Å². The molecule has 6 N–H and O–H groups in total. The Balaban J connectivity index is 3.67. The van der Waals surface area contributed by atoms with Crippen LogP contribution < -0.4 is 5.73 Å². The summed E-state index contributed by atoms with van der Waals surface area (Å²) < 4.78 is 4.59. The van der Waals surface area contributed by atoms with Crippen molar-refractivity contribution in [2.24, 2.45) is 5.73 Å². The summed E-state index contributed by atoms with van der Waals surface area (Å²) in [6.45, 7) is -0.348. The van der Waals surface area contributed by atoms with E-state index in [9.17, 15) is 0 Å². The van der Waals surface area contributed by atoms with Gasteiger partial charge in [0.25, 0.3) is 0 Å². The lowest BCUT2D eigenvalue weighted by Crippen LogP contribution is -2.41. The van der Waals surface area contributed by atoms with Crippen LogP contribution in [0.3, 0.4) is 0 Å². The molecule has 0 aliphatic heterocycles. The summed E-state index contributed by atoms with van der Waals surface area (Å²) in [5, 5.41) is 35.1. The Morgan fingerprint density at radius 1 is 1.25 bits per heavy atom. The third-order valence-electron chi connectivity index (χ3n) is 1.28. The van der Waals surface area contributed by atoms with Gasteiger partial charge in [-0.15, -0.1) is 0 Å². The van der Waals surface area contributed by atoms with E-state index in [-0.39, 0.29) is 13.2 Å². The summed E-state index contributed by atoms with van der Waals surface area (Å²) in [7, 11) is 0. The molecular formula is C6H15NO5. The van der Waals surface area contributed by atoms with Crippen LogP contribution >= 0.6 is 0 Å². The fraction of sp³-hybridized carbons (Fsp3) is 1.00. The average molecular weight is 181 g/mol. The summed E-state index contributed by atoms with van der Waals surface area (Å²) in [5.74, 6) is 0. The molecule has 0 aromatic heterocycles. The van der Waals surface area contributed by atoms with Crippen molar-refractivity contribution in [3.05, 3.63) is 0 Å². The molecule has 0 bridgehead atoms. The van der Waals surface area contributed by atoms with Crippen molar-refractivity contribution >= 4 is 0 Å². The van der Waals surface area contributed by atoms with Crippen molar-refractivity contribution in [3.8, 4) is 0 Å². The van der Waals surface area contributed by atoms with Gasteiger partial charge in [-0.05, 0) is 0 Å². The molecule has 0 aliphatic rings. The zero-order valence-electron chi connectivity index (χ0n) is 6.63. The maximum Gasteiger partial charge on any atom is 0.183 e. The van der Waals surface area contributed by atoms with Gasteiger partial charge in [0.1, 0.15) is 12.2 Å². The minimum Gasteiger partial charge on any atom is -0.394 e. The molecule has 0 radical (unpaired) electrons. The van der Waals surface area contributed by atoms with Gasteiger partial charge in [0.05, 0.1) is 13.2 Å². The maximum atomic E-state index is 8.99. The third kappa shape index (κ3) is 3.96. The first-order chi connectivity index (χ1) is 5.63. The lowest BCUT2D eigenvalue weighted by atomic mass is 10.2. The number of hydrogen-bond donors (Lipinski definition) is 5. The van der Waals surface area contributed by atoms with E-state index in [2.05, 4.69) is 4.74 Å². The Labute approximate surface area is 70.2 Å². The van der Waals surface area contributed by atoms with E-state index in [0.717, 1.165) is 0 Å². The average Bonchev–Trinajstić information content (AvgIpc) is 2.11. The Hall–Kier alpha value is -0.240. The van der Waals surface area contributed by atoms with E-state index in [0.29, 0.717) is 0 Å². The van der Waals surface area contributed by atoms with Gasteiger partial charge in [0.2, 0.25) is 0 Å². The van der Waals surface area contributed by atoms with Crippen LogP contribution in [-0.4, -0.2) is 58.7 Å². The van der Waals surface area contributed by atoms with E-state index in [1.807, 2.05) is 0 Å². The quantitative estimate of drug-likeness (QED) is 0.279. The van der Waals surface area contributed by atoms with Crippen LogP contribution in [0.1, 0.15) is 0 Å². The Morgan fingerprint density at radius 3 is 2.25 bits per heavy atom. The van der Waals surface area contributed by atoms with Crippen molar-refractivity contribution < 1.29 is 25.2 Å². The van der Waals surface area contributed by atoms with Gasteiger partial charge in [0.15, 0.2) is 6.29 Å². The topological polar surface area (TPSA) is 116 Å². The summed E-state index contributed by atoms with van der Waals surface area (Å²) in [5.41, 5.74) is 5.06. The van der Waals surface area contributed by atoms with Crippen LogP contribution in [0.25, 0.3) is 0 Å². The van der Waals surface area contributed by atoms with Crippen molar-refractivity contribution in [1.82, 2.24) is 0 Å². The van der Waals surface area contributed by atoms with Crippen LogP contribution in [0.15, 0.2) is 0 Å². The van der Waals surface area contributed by atoms with E-state index < -0.39 is 25.1 Å². The Morgan fingerprint density at radius 2 is 1.83 bits per heavy atom. The van der Waals surface area contributed by atoms with Crippen molar-refractivity contribution in [3.63, 3.8) is 0 Å². The summed E-state index contributed by atoms with van der Waals surface area (Å²) >= 11 is 0. The highest BCUT2D eigenvalue weighted by Gasteiger charge is 2.24. The minimum atomic E-state index is -1.52. The number of rotatable bonds is 6. The van der Waals surface area contributed by atoms with Crippen molar-refractivity contribution in [2.45, 2.75) is 18.5 Å². The summed E-state index contributed by atoms with van der Waals surface area (Å²) in [6.07, 6.45) is -4.44. The molecule has 2 unspecified atom stereocenters. The first-order valence-corrected chi connectivity index (χ1v) is 3.60. The normalized spacial score (nSPS) is 18.8. The highest BCUT2D eigenvalue weighted by atomic mass is 16.6. The van der Waals surface area contributed by atoms with Crippen LogP contribution in [0, 0.1) is 0 Å². The fourth-order valence-corrected chi connectivity index (χ4v) is 0.585. The molecule has 3 atom stereocenters. The number of aliphatic hydroxyl groups excluding tert-OH is 4. The van der Waals surface area contributed by atoms with Crippen LogP contribution in [0.2, 0.25) is 0 Å². The third-order valence-corrected chi connectivity index (χ3v) is 1.28. The molecule has 74 valence electrons. The molecule has 0 heterocycles. The standard InChI is InChI=1S/C6H15NO5/c7-1-2-12-6(11)5(10)4(9)3-8/h4-6,8-11H,1-3,7H2/t4?,5-,6?/m0/s1. The first-order valence-electron chi connectivity index (χ1n) is 3.60. The lowest BCUT2D eigenvalue weighted by molar-refractivity contribution is -0.191. The van der Waals surface area contributed by atoms with Crippen molar-refractivity contribution in [2.75, 3.05) is 19.8 Å². The predicted octanol–water partition coefficient (Wildman–Crippen LogP) is -3.01. The maximum absolute atomic E-state index is 8.99. The summed E-state index contributed by atoms with van der Waals surface area (Å²) in [4.78, 5) is 0. The zero-order chi connectivity index (χ0) is 9.56. The highest BCUT2D eigenvalue weighted by Crippen LogP contribution is 2.00. The second-order valence-corrected chi connectivity index (χ2v) is 2.29. The monoisotopic (exact) mass is 181 g/mol. The molecule has 0 saturated heterocycles. The van der Waals surface area contributed by atoms with E-state index in [4.69, 9.17) is 26.2 Å². The zero-order valence-corrected chi connectivity index (χ0v) is 6.63. The van der Waals surface area contributed by atoms with Gasteiger partial charge < -0.3 is 30.9 Å².